The van der Waals surface area contributed by atoms with Gasteiger partial charge in [-0.3, -0.25) is 5.01 Å². The summed E-state index contributed by atoms with van der Waals surface area (Å²) < 4.78 is 51.8. The fourth-order valence-corrected chi connectivity index (χ4v) is 3.51. The van der Waals surface area contributed by atoms with Gasteiger partial charge in [0, 0.05) is 24.8 Å². The van der Waals surface area contributed by atoms with Crippen LogP contribution in [-0.2, 0) is 16.5 Å². The van der Waals surface area contributed by atoms with Crippen LogP contribution in [0.15, 0.2) is 35.9 Å². The van der Waals surface area contributed by atoms with Crippen LogP contribution >= 0.6 is 0 Å². The number of hydrogen-bond donors (Lipinski definition) is 2. The SMILES string of the molecule is C=C(c1cccc(C(C)(C)NS(=O)CC(F)(F)F)c1)N(CC)/N=C/CNCC. The van der Waals surface area contributed by atoms with E-state index in [9.17, 15) is 17.4 Å². The predicted molar refractivity (Wildman–Crippen MR) is 110 cm³/mol. The predicted octanol–water partition coefficient (Wildman–Crippen LogP) is 3.63. The molecule has 5 nitrogen and oxygen atoms in total. The van der Waals surface area contributed by atoms with Gasteiger partial charge in [0.25, 0.3) is 0 Å². The number of nitrogens with one attached hydrogen (secondary N) is 2. The van der Waals surface area contributed by atoms with E-state index in [0.717, 1.165) is 12.1 Å². The molecule has 0 saturated heterocycles. The second kappa shape index (κ2) is 10.7. The van der Waals surface area contributed by atoms with Crippen LogP contribution in [0.25, 0.3) is 5.70 Å². The molecule has 158 valence electrons. The molecular formula is C19H29F3N4OS. The maximum atomic E-state index is 12.5. The van der Waals surface area contributed by atoms with Crippen LogP contribution in [0.1, 0.15) is 38.8 Å². The van der Waals surface area contributed by atoms with E-state index >= 15 is 0 Å². The molecule has 0 saturated carbocycles. The normalized spacial score (nSPS) is 13.7. The molecule has 1 rings (SSSR count). The molecule has 28 heavy (non-hydrogen) atoms. The fourth-order valence-electron chi connectivity index (χ4n) is 2.46. The number of hydrazone groups is 1. The van der Waals surface area contributed by atoms with Gasteiger partial charge in [0.05, 0.1) is 5.70 Å². The van der Waals surface area contributed by atoms with E-state index < -0.39 is 28.5 Å². The highest BCUT2D eigenvalue weighted by Gasteiger charge is 2.33. The summed E-state index contributed by atoms with van der Waals surface area (Å²) in [4.78, 5) is 0. The monoisotopic (exact) mass is 418 g/mol. The van der Waals surface area contributed by atoms with Crippen LogP contribution in [0, 0.1) is 0 Å². The van der Waals surface area contributed by atoms with Gasteiger partial charge >= 0.3 is 6.18 Å². The zero-order chi connectivity index (χ0) is 21.4. The largest absolute Gasteiger partial charge is 0.401 e. The van der Waals surface area contributed by atoms with Crippen molar-refractivity contribution in [3.8, 4) is 0 Å². The lowest BCUT2D eigenvalue weighted by Crippen LogP contribution is -2.41. The minimum Gasteiger partial charge on any atom is -0.312 e. The van der Waals surface area contributed by atoms with E-state index in [1.807, 2.05) is 26.0 Å². The Balaban J connectivity index is 2.95. The summed E-state index contributed by atoms with van der Waals surface area (Å²) in [5, 5.41) is 9.29. The molecule has 2 N–H and O–H groups in total. The van der Waals surface area contributed by atoms with Crippen molar-refractivity contribution in [3.05, 3.63) is 42.0 Å². The standard InChI is InChI=1S/C19H29F3N4OS/c1-6-23-11-12-24-26(7-2)15(3)16-9-8-10-17(13-16)18(4,5)25-28(27)14-19(20,21)22/h8-10,12-13,23,25H,3,6-7,11,14H2,1-2,4-5H3/b24-12+. The highest BCUT2D eigenvalue weighted by atomic mass is 32.2. The Hall–Kier alpha value is -1.71. The van der Waals surface area contributed by atoms with Gasteiger partial charge in [-0.05, 0) is 44.5 Å². The Kier molecular flexibility index (Phi) is 9.32. The smallest absolute Gasteiger partial charge is 0.312 e. The number of benzene rings is 1. The van der Waals surface area contributed by atoms with Gasteiger partial charge in [-0.2, -0.15) is 18.3 Å². The summed E-state index contributed by atoms with van der Waals surface area (Å²) in [5.41, 5.74) is 1.24. The molecular weight excluding hydrogens is 389 g/mol. The number of rotatable bonds is 11. The first-order chi connectivity index (χ1) is 13.0. The average molecular weight is 419 g/mol. The summed E-state index contributed by atoms with van der Waals surface area (Å²) in [6.07, 6.45) is -2.73. The number of halogens is 3. The van der Waals surface area contributed by atoms with Crippen molar-refractivity contribution in [2.45, 2.75) is 39.4 Å². The minimum atomic E-state index is -4.49. The third-order valence-electron chi connectivity index (χ3n) is 3.90. The third-order valence-corrected chi connectivity index (χ3v) is 5.23. The van der Waals surface area contributed by atoms with E-state index in [0.29, 0.717) is 24.4 Å². The molecule has 0 radical (unpaired) electrons. The van der Waals surface area contributed by atoms with E-state index in [2.05, 4.69) is 21.7 Å². The average Bonchev–Trinajstić information content (AvgIpc) is 2.59. The number of nitrogens with zero attached hydrogens (tertiary/aromatic N) is 2. The summed E-state index contributed by atoms with van der Waals surface area (Å²) in [6, 6.07) is 7.25. The zero-order valence-corrected chi connectivity index (χ0v) is 17.6. The lowest BCUT2D eigenvalue weighted by molar-refractivity contribution is -0.106. The van der Waals surface area contributed by atoms with Crippen molar-refractivity contribution in [3.63, 3.8) is 0 Å². The van der Waals surface area contributed by atoms with E-state index in [-0.39, 0.29) is 0 Å². The van der Waals surface area contributed by atoms with Crippen LogP contribution in [-0.4, -0.2) is 47.0 Å². The first-order valence-electron chi connectivity index (χ1n) is 9.03. The molecule has 0 aromatic heterocycles. The van der Waals surface area contributed by atoms with Gasteiger partial charge in [-0.25, -0.2) is 8.93 Å². The number of hydrogen-bond acceptors (Lipinski definition) is 4. The molecule has 9 heteroatoms. The highest BCUT2D eigenvalue weighted by molar-refractivity contribution is 7.83. The summed E-state index contributed by atoms with van der Waals surface area (Å²) in [5.74, 6) is -1.40. The van der Waals surface area contributed by atoms with E-state index in [1.165, 1.54) is 0 Å². The van der Waals surface area contributed by atoms with Crippen LogP contribution in [0.3, 0.4) is 0 Å². The Bertz CT molecular complexity index is 705. The molecule has 0 amide bonds. The molecule has 1 aromatic rings. The lowest BCUT2D eigenvalue weighted by atomic mass is 9.93. The molecule has 0 bridgehead atoms. The second-order valence-corrected chi connectivity index (χ2v) is 7.86. The zero-order valence-electron chi connectivity index (χ0n) is 16.8. The molecule has 1 aromatic carbocycles. The Morgan fingerprint density at radius 2 is 2.00 bits per heavy atom. The van der Waals surface area contributed by atoms with Crippen LogP contribution in [0.5, 0.6) is 0 Å². The van der Waals surface area contributed by atoms with Crippen molar-refractivity contribution in [1.82, 2.24) is 15.0 Å². The topological polar surface area (TPSA) is 56.7 Å². The van der Waals surface area contributed by atoms with Gasteiger partial charge in [-0.1, -0.05) is 31.7 Å². The molecule has 1 atom stereocenters. The van der Waals surface area contributed by atoms with E-state index in [1.54, 1.807) is 37.2 Å². The molecule has 0 fully saturated rings. The molecule has 0 aliphatic rings. The molecule has 0 spiro atoms. The molecule has 0 aliphatic carbocycles. The first-order valence-corrected chi connectivity index (χ1v) is 10.4. The van der Waals surface area contributed by atoms with Crippen molar-refractivity contribution < 1.29 is 17.4 Å². The lowest BCUT2D eigenvalue weighted by Gasteiger charge is -2.28. The van der Waals surface area contributed by atoms with Gasteiger partial charge in [0.15, 0.2) is 0 Å². The third kappa shape index (κ3) is 8.12. The maximum Gasteiger partial charge on any atom is 0.401 e. The Morgan fingerprint density at radius 1 is 1.32 bits per heavy atom. The highest BCUT2D eigenvalue weighted by Crippen LogP contribution is 2.26. The summed E-state index contributed by atoms with van der Waals surface area (Å²) >= 11 is 0. The van der Waals surface area contributed by atoms with E-state index in [4.69, 9.17) is 0 Å². The van der Waals surface area contributed by atoms with Crippen LogP contribution in [0.2, 0.25) is 0 Å². The molecule has 0 heterocycles. The summed E-state index contributed by atoms with van der Waals surface area (Å²) in [7, 11) is -2.23. The fraction of sp³-hybridized carbons (Fsp3) is 0.526. The maximum absolute atomic E-state index is 12.5. The van der Waals surface area contributed by atoms with Crippen molar-refractivity contribution >= 4 is 22.9 Å². The van der Waals surface area contributed by atoms with Gasteiger partial charge in [0.1, 0.15) is 16.7 Å². The quantitative estimate of drug-likeness (QED) is 0.328. The van der Waals surface area contributed by atoms with Crippen LogP contribution < -0.4 is 10.0 Å². The summed E-state index contributed by atoms with van der Waals surface area (Å²) in [6.45, 7) is 13.5. The first kappa shape index (κ1) is 24.3. The number of alkyl halides is 3. The van der Waals surface area contributed by atoms with Crippen molar-refractivity contribution in [2.75, 3.05) is 25.4 Å². The van der Waals surface area contributed by atoms with Gasteiger partial charge < -0.3 is 5.32 Å². The Labute approximate surface area is 167 Å². The molecule has 0 aliphatic heterocycles. The van der Waals surface area contributed by atoms with Gasteiger partial charge in [-0.15, -0.1) is 0 Å². The minimum absolute atomic E-state index is 0.614. The Morgan fingerprint density at radius 3 is 2.57 bits per heavy atom. The molecule has 1 unspecified atom stereocenters. The second-order valence-electron chi connectivity index (χ2n) is 6.68. The van der Waals surface area contributed by atoms with Crippen molar-refractivity contribution in [2.24, 2.45) is 5.10 Å². The van der Waals surface area contributed by atoms with Crippen LogP contribution in [0.4, 0.5) is 13.2 Å². The van der Waals surface area contributed by atoms with Crippen molar-refractivity contribution in [1.29, 1.82) is 0 Å². The van der Waals surface area contributed by atoms with Gasteiger partial charge in [0.2, 0.25) is 0 Å².